The SMILES string of the molecule is C1=C(NNc2cnc[nH]2)CCCC1. The zero-order valence-corrected chi connectivity index (χ0v) is 7.51. The van der Waals surface area contributed by atoms with Crippen LogP contribution in [0.1, 0.15) is 25.7 Å². The van der Waals surface area contributed by atoms with Gasteiger partial charge in [-0.15, -0.1) is 0 Å². The van der Waals surface area contributed by atoms with Gasteiger partial charge in [0, 0.05) is 5.70 Å². The molecule has 0 aromatic carbocycles. The standard InChI is InChI=1S/C9H14N4/c1-2-4-8(5-3-1)12-13-9-6-10-7-11-9/h4,6-7,12-13H,1-3,5H2,(H,10,11). The number of nitrogens with zero attached hydrogens (tertiary/aromatic N) is 1. The van der Waals surface area contributed by atoms with Crippen molar-refractivity contribution in [2.24, 2.45) is 0 Å². The van der Waals surface area contributed by atoms with E-state index in [0.29, 0.717) is 0 Å². The molecule has 0 radical (unpaired) electrons. The van der Waals surface area contributed by atoms with Crippen molar-refractivity contribution in [3.05, 3.63) is 24.3 Å². The van der Waals surface area contributed by atoms with Crippen LogP contribution in [0, 0.1) is 0 Å². The number of aromatic amines is 1. The molecule has 13 heavy (non-hydrogen) atoms. The predicted molar refractivity (Wildman–Crippen MR) is 51.9 cm³/mol. The quantitative estimate of drug-likeness (QED) is 0.618. The zero-order chi connectivity index (χ0) is 8.93. The first-order valence-corrected chi connectivity index (χ1v) is 4.64. The van der Waals surface area contributed by atoms with Gasteiger partial charge >= 0.3 is 0 Å². The summed E-state index contributed by atoms with van der Waals surface area (Å²) in [5.74, 6) is 0.895. The molecule has 0 saturated carbocycles. The topological polar surface area (TPSA) is 52.7 Å². The number of hydrogen-bond acceptors (Lipinski definition) is 3. The fourth-order valence-corrected chi connectivity index (χ4v) is 1.42. The molecule has 2 rings (SSSR count). The molecule has 4 nitrogen and oxygen atoms in total. The van der Waals surface area contributed by atoms with Crippen LogP contribution in [0.25, 0.3) is 0 Å². The van der Waals surface area contributed by atoms with Crippen molar-refractivity contribution < 1.29 is 0 Å². The Morgan fingerprint density at radius 2 is 2.31 bits per heavy atom. The fraction of sp³-hybridized carbons (Fsp3) is 0.444. The van der Waals surface area contributed by atoms with Crippen molar-refractivity contribution in [3.63, 3.8) is 0 Å². The van der Waals surface area contributed by atoms with Crippen LogP contribution < -0.4 is 10.9 Å². The first kappa shape index (κ1) is 8.16. The normalized spacial score (nSPS) is 16.5. The second-order valence-electron chi connectivity index (χ2n) is 3.19. The van der Waals surface area contributed by atoms with E-state index in [4.69, 9.17) is 0 Å². The van der Waals surface area contributed by atoms with Crippen LogP contribution in [0.3, 0.4) is 0 Å². The van der Waals surface area contributed by atoms with E-state index in [1.165, 1.54) is 25.0 Å². The third-order valence-corrected chi connectivity index (χ3v) is 2.15. The summed E-state index contributed by atoms with van der Waals surface area (Å²) in [6.45, 7) is 0. The van der Waals surface area contributed by atoms with Gasteiger partial charge < -0.3 is 10.4 Å². The van der Waals surface area contributed by atoms with Crippen molar-refractivity contribution in [1.82, 2.24) is 15.4 Å². The Kier molecular flexibility index (Phi) is 2.50. The second-order valence-corrected chi connectivity index (χ2v) is 3.19. The Balaban J connectivity index is 1.82. The number of imidazole rings is 1. The number of aromatic nitrogens is 2. The number of H-pyrrole nitrogens is 1. The first-order valence-electron chi connectivity index (χ1n) is 4.64. The molecule has 0 amide bonds. The summed E-state index contributed by atoms with van der Waals surface area (Å²) in [5.41, 5.74) is 7.50. The number of hydrogen-bond donors (Lipinski definition) is 3. The molecule has 1 aliphatic rings. The summed E-state index contributed by atoms with van der Waals surface area (Å²) in [4.78, 5) is 6.87. The second kappa shape index (κ2) is 3.98. The number of anilines is 1. The lowest BCUT2D eigenvalue weighted by Gasteiger charge is -2.15. The average molecular weight is 178 g/mol. The highest BCUT2D eigenvalue weighted by Gasteiger charge is 2.02. The average Bonchev–Trinajstić information content (AvgIpc) is 2.69. The van der Waals surface area contributed by atoms with Gasteiger partial charge in [0.25, 0.3) is 0 Å². The minimum Gasteiger partial charge on any atom is -0.330 e. The van der Waals surface area contributed by atoms with Gasteiger partial charge in [0.05, 0.1) is 12.5 Å². The minimum absolute atomic E-state index is 0.895. The maximum Gasteiger partial charge on any atom is 0.141 e. The molecule has 4 heteroatoms. The number of rotatable bonds is 3. The van der Waals surface area contributed by atoms with Crippen LogP contribution in [-0.2, 0) is 0 Å². The third kappa shape index (κ3) is 2.24. The monoisotopic (exact) mass is 178 g/mol. The summed E-state index contributed by atoms with van der Waals surface area (Å²) < 4.78 is 0. The lowest BCUT2D eigenvalue weighted by molar-refractivity contribution is 0.664. The third-order valence-electron chi connectivity index (χ3n) is 2.15. The molecule has 0 fully saturated rings. The molecule has 0 spiro atoms. The van der Waals surface area contributed by atoms with Crippen LogP contribution in [0.15, 0.2) is 24.3 Å². The van der Waals surface area contributed by atoms with Crippen LogP contribution in [0.2, 0.25) is 0 Å². The summed E-state index contributed by atoms with van der Waals surface area (Å²) in [7, 11) is 0. The zero-order valence-electron chi connectivity index (χ0n) is 7.51. The van der Waals surface area contributed by atoms with Crippen LogP contribution >= 0.6 is 0 Å². The van der Waals surface area contributed by atoms with Gasteiger partial charge in [0.1, 0.15) is 5.82 Å². The highest BCUT2D eigenvalue weighted by Crippen LogP contribution is 2.14. The molecule has 0 bridgehead atoms. The molecule has 1 aromatic heterocycles. The van der Waals surface area contributed by atoms with Crippen molar-refractivity contribution >= 4 is 5.82 Å². The Bertz CT molecular complexity index is 276. The lowest BCUT2D eigenvalue weighted by atomic mass is 10.1. The highest BCUT2D eigenvalue weighted by molar-refractivity contribution is 5.30. The molecule has 0 saturated heterocycles. The van der Waals surface area contributed by atoms with Gasteiger partial charge in [0.2, 0.25) is 0 Å². The summed E-state index contributed by atoms with van der Waals surface area (Å²) in [5, 5.41) is 0. The Labute approximate surface area is 77.4 Å². The van der Waals surface area contributed by atoms with Crippen molar-refractivity contribution in [2.75, 3.05) is 5.43 Å². The lowest BCUT2D eigenvalue weighted by Crippen LogP contribution is -2.22. The highest BCUT2D eigenvalue weighted by atomic mass is 15.4. The molecular formula is C9H14N4. The fourth-order valence-electron chi connectivity index (χ4n) is 1.42. The van der Waals surface area contributed by atoms with Gasteiger partial charge in [-0.05, 0) is 25.7 Å². The number of nitrogens with one attached hydrogen (secondary N) is 3. The Morgan fingerprint density at radius 3 is 3.00 bits per heavy atom. The van der Waals surface area contributed by atoms with E-state index in [-0.39, 0.29) is 0 Å². The van der Waals surface area contributed by atoms with Gasteiger partial charge in [-0.1, -0.05) is 6.08 Å². The molecule has 70 valence electrons. The minimum atomic E-state index is 0.895. The smallest absolute Gasteiger partial charge is 0.141 e. The van der Waals surface area contributed by atoms with Gasteiger partial charge in [-0.3, -0.25) is 5.43 Å². The van der Waals surface area contributed by atoms with Crippen molar-refractivity contribution in [1.29, 1.82) is 0 Å². The van der Waals surface area contributed by atoms with Crippen LogP contribution in [-0.4, -0.2) is 9.97 Å². The largest absolute Gasteiger partial charge is 0.330 e. The Morgan fingerprint density at radius 1 is 1.31 bits per heavy atom. The van der Waals surface area contributed by atoms with Crippen LogP contribution in [0.5, 0.6) is 0 Å². The molecule has 1 heterocycles. The van der Waals surface area contributed by atoms with Gasteiger partial charge in [0.15, 0.2) is 0 Å². The summed E-state index contributed by atoms with van der Waals surface area (Å²) >= 11 is 0. The number of allylic oxidation sites excluding steroid dienone is 2. The molecule has 3 N–H and O–H groups in total. The first-order chi connectivity index (χ1) is 6.45. The van der Waals surface area contributed by atoms with E-state index >= 15 is 0 Å². The van der Waals surface area contributed by atoms with Gasteiger partial charge in [-0.2, -0.15) is 0 Å². The molecule has 1 aromatic rings. The molecule has 0 aliphatic heterocycles. The Hall–Kier alpha value is -1.45. The van der Waals surface area contributed by atoms with E-state index in [9.17, 15) is 0 Å². The van der Waals surface area contributed by atoms with E-state index in [2.05, 4.69) is 26.9 Å². The summed E-state index contributed by atoms with van der Waals surface area (Å²) in [6, 6.07) is 0. The van der Waals surface area contributed by atoms with Crippen LogP contribution in [0.4, 0.5) is 5.82 Å². The van der Waals surface area contributed by atoms with Crippen molar-refractivity contribution in [2.45, 2.75) is 25.7 Å². The van der Waals surface area contributed by atoms with E-state index in [0.717, 1.165) is 12.2 Å². The maximum atomic E-state index is 3.91. The van der Waals surface area contributed by atoms with Gasteiger partial charge in [-0.25, -0.2) is 4.98 Å². The van der Waals surface area contributed by atoms with Crippen molar-refractivity contribution in [3.8, 4) is 0 Å². The predicted octanol–water partition coefficient (Wildman–Crippen LogP) is 1.78. The molecule has 0 atom stereocenters. The molecular weight excluding hydrogens is 164 g/mol. The van der Waals surface area contributed by atoms with E-state index < -0.39 is 0 Å². The van der Waals surface area contributed by atoms with E-state index in [1.54, 1.807) is 12.5 Å². The van der Waals surface area contributed by atoms with E-state index in [1.807, 2.05) is 0 Å². The molecule has 0 unspecified atom stereocenters. The summed E-state index contributed by atoms with van der Waals surface area (Å²) in [6.07, 6.45) is 10.6. The molecule has 1 aliphatic carbocycles. The maximum absolute atomic E-state index is 3.91. The number of hydrazine groups is 1.